The van der Waals surface area contributed by atoms with Gasteiger partial charge in [0.2, 0.25) is 0 Å². The fraction of sp³-hybridized carbons (Fsp3) is 0.0909. The van der Waals surface area contributed by atoms with Crippen LogP contribution in [0.15, 0.2) is 36.7 Å². The average molecular weight is 187 g/mol. The summed E-state index contributed by atoms with van der Waals surface area (Å²) in [4.78, 5) is 3.03. The first-order valence-electron chi connectivity index (χ1n) is 4.51. The number of hydrogen-bond donors (Lipinski definition) is 3. The molecule has 4 N–H and O–H groups in total. The molecule has 0 unspecified atom stereocenters. The Morgan fingerprint density at radius 1 is 1.29 bits per heavy atom. The molecule has 2 rings (SSSR count). The molecule has 0 bridgehead atoms. The smallest absolute Gasteiger partial charge is 0.0419 e. The van der Waals surface area contributed by atoms with Crippen LogP contribution in [0.2, 0.25) is 0 Å². The van der Waals surface area contributed by atoms with Gasteiger partial charge >= 0.3 is 0 Å². The molecule has 0 aliphatic rings. The first-order chi connectivity index (χ1) is 6.81. The van der Waals surface area contributed by atoms with Gasteiger partial charge in [-0.2, -0.15) is 0 Å². The number of aromatic nitrogens is 1. The highest BCUT2D eigenvalue weighted by Gasteiger charge is 2.04. The number of anilines is 2. The Morgan fingerprint density at radius 3 is 2.79 bits per heavy atom. The second kappa shape index (κ2) is 3.46. The first kappa shape index (κ1) is 8.69. The number of rotatable bonds is 2. The topological polar surface area (TPSA) is 53.8 Å². The zero-order valence-corrected chi connectivity index (χ0v) is 8.04. The fourth-order valence-electron chi connectivity index (χ4n) is 1.51. The lowest BCUT2D eigenvalue weighted by atomic mass is 10.1. The van der Waals surface area contributed by atoms with Gasteiger partial charge in [-0.3, -0.25) is 0 Å². The molecular formula is C11H13N3. The number of nitrogens with one attached hydrogen (secondary N) is 2. The molecule has 0 amide bonds. The summed E-state index contributed by atoms with van der Waals surface area (Å²) < 4.78 is 0. The van der Waals surface area contributed by atoms with Gasteiger partial charge in [-0.25, -0.2) is 0 Å². The Labute approximate surface area is 83.0 Å². The molecule has 0 atom stereocenters. The number of hydrogen-bond acceptors (Lipinski definition) is 2. The molecule has 1 aromatic carbocycles. The maximum absolute atomic E-state index is 5.75. The van der Waals surface area contributed by atoms with Crippen molar-refractivity contribution in [2.24, 2.45) is 0 Å². The molecule has 14 heavy (non-hydrogen) atoms. The van der Waals surface area contributed by atoms with Gasteiger partial charge in [0.15, 0.2) is 0 Å². The Hall–Kier alpha value is -1.90. The van der Waals surface area contributed by atoms with Crippen molar-refractivity contribution in [2.45, 2.75) is 0 Å². The molecule has 0 aliphatic carbocycles. The van der Waals surface area contributed by atoms with Crippen molar-refractivity contribution < 1.29 is 0 Å². The molecule has 2 aromatic rings. The van der Waals surface area contributed by atoms with Gasteiger partial charge < -0.3 is 16.0 Å². The van der Waals surface area contributed by atoms with Crippen LogP contribution in [0.4, 0.5) is 11.4 Å². The summed E-state index contributed by atoms with van der Waals surface area (Å²) in [6.45, 7) is 0. The van der Waals surface area contributed by atoms with E-state index in [1.165, 1.54) is 0 Å². The van der Waals surface area contributed by atoms with Crippen molar-refractivity contribution in [1.82, 2.24) is 4.98 Å². The van der Waals surface area contributed by atoms with E-state index in [-0.39, 0.29) is 0 Å². The van der Waals surface area contributed by atoms with Gasteiger partial charge in [-0.05, 0) is 24.3 Å². The molecule has 1 aromatic heterocycles. The summed E-state index contributed by atoms with van der Waals surface area (Å²) >= 11 is 0. The van der Waals surface area contributed by atoms with E-state index in [9.17, 15) is 0 Å². The average Bonchev–Trinajstić information content (AvgIpc) is 2.70. The van der Waals surface area contributed by atoms with Crippen molar-refractivity contribution >= 4 is 11.4 Å². The SMILES string of the molecule is CNc1ccc(N)cc1-c1cc[nH]c1. The molecule has 0 fully saturated rings. The largest absolute Gasteiger partial charge is 0.399 e. The van der Waals surface area contributed by atoms with Gasteiger partial charge in [0.1, 0.15) is 0 Å². The maximum Gasteiger partial charge on any atom is 0.0419 e. The van der Waals surface area contributed by atoms with E-state index in [0.717, 1.165) is 22.5 Å². The zero-order valence-electron chi connectivity index (χ0n) is 8.04. The molecule has 0 saturated heterocycles. The Balaban J connectivity index is 2.55. The Bertz CT molecular complexity index is 418. The minimum atomic E-state index is 0.778. The third kappa shape index (κ3) is 1.44. The van der Waals surface area contributed by atoms with Crippen LogP contribution in [0.5, 0.6) is 0 Å². The van der Waals surface area contributed by atoms with E-state index < -0.39 is 0 Å². The highest BCUT2D eigenvalue weighted by atomic mass is 14.8. The van der Waals surface area contributed by atoms with Crippen LogP contribution in [0.25, 0.3) is 11.1 Å². The van der Waals surface area contributed by atoms with Crippen LogP contribution in [0.1, 0.15) is 0 Å². The van der Waals surface area contributed by atoms with E-state index in [1.54, 1.807) is 0 Å². The van der Waals surface area contributed by atoms with E-state index in [4.69, 9.17) is 5.73 Å². The summed E-state index contributed by atoms with van der Waals surface area (Å²) in [5.41, 5.74) is 9.87. The second-order valence-corrected chi connectivity index (χ2v) is 3.15. The standard InChI is InChI=1S/C11H13N3/c1-13-11-3-2-9(12)6-10(11)8-4-5-14-7-8/h2-7,13-14H,12H2,1H3. The van der Waals surface area contributed by atoms with Crippen molar-refractivity contribution in [3.8, 4) is 11.1 Å². The molecule has 72 valence electrons. The third-order valence-electron chi connectivity index (χ3n) is 2.22. The maximum atomic E-state index is 5.75. The van der Waals surface area contributed by atoms with Crippen LogP contribution in [0, 0.1) is 0 Å². The van der Waals surface area contributed by atoms with Crippen molar-refractivity contribution in [3.05, 3.63) is 36.7 Å². The van der Waals surface area contributed by atoms with Crippen LogP contribution in [0.3, 0.4) is 0 Å². The van der Waals surface area contributed by atoms with Gasteiger partial charge in [0.05, 0.1) is 0 Å². The van der Waals surface area contributed by atoms with E-state index in [0.29, 0.717) is 0 Å². The van der Waals surface area contributed by atoms with Crippen LogP contribution >= 0.6 is 0 Å². The predicted octanol–water partition coefficient (Wildman–Crippen LogP) is 2.31. The minimum absolute atomic E-state index is 0.778. The number of H-pyrrole nitrogens is 1. The third-order valence-corrected chi connectivity index (χ3v) is 2.22. The lowest BCUT2D eigenvalue weighted by Crippen LogP contribution is -1.93. The van der Waals surface area contributed by atoms with Gasteiger partial charge in [0.25, 0.3) is 0 Å². The number of nitrogen functional groups attached to an aromatic ring is 1. The molecule has 0 spiro atoms. The predicted molar refractivity (Wildman–Crippen MR) is 60.2 cm³/mol. The van der Waals surface area contributed by atoms with Crippen LogP contribution < -0.4 is 11.1 Å². The fourth-order valence-corrected chi connectivity index (χ4v) is 1.51. The van der Waals surface area contributed by atoms with Crippen molar-refractivity contribution in [1.29, 1.82) is 0 Å². The van der Waals surface area contributed by atoms with Gasteiger partial charge in [-0.1, -0.05) is 0 Å². The molecule has 3 heteroatoms. The molecular weight excluding hydrogens is 174 g/mol. The lowest BCUT2D eigenvalue weighted by molar-refractivity contribution is 1.41. The summed E-state index contributed by atoms with van der Waals surface area (Å²) in [6.07, 6.45) is 3.85. The number of benzene rings is 1. The summed E-state index contributed by atoms with van der Waals surface area (Å²) in [6, 6.07) is 7.87. The summed E-state index contributed by atoms with van der Waals surface area (Å²) in [5, 5.41) is 3.14. The normalized spacial score (nSPS) is 10.1. The van der Waals surface area contributed by atoms with E-state index >= 15 is 0 Å². The minimum Gasteiger partial charge on any atom is -0.399 e. The van der Waals surface area contributed by atoms with Crippen molar-refractivity contribution in [3.63, 3.8) is 0 Å². The van der Waals surface area contributed by atoms with Crippen LogP contribution in [-0.2, 0) is 0 Å². The van der Waals surface area contributed by atoms with E-state index in [2.05, 4.69) is 10.3 Å². The highest BCUT2D eigenvalue weighted by Crippen LogP contribution is 2.29. The lowest BCUT2D eigenvalue weighted by Gasteiger charge is -2.08. The Kier molecular flexibility index (Phi) is 2.14. The van der Waals surface area contributed by atoms with Crippen molar-refractivity contribution in [2.75, 3.05) is 18.1 Å². The molecule has 0 saturated carbocycles. The number of aromatic amines is 1. The van der Waals surface area contributed by atoms with Gasteiger partial charge in [-0.15, -0.1) is 0 Å². The zero-order chi connectivity index (χ0) is 9.97. The molecule has 0 aliphatic heterocycles. The van der Waals surface area contributed by atoms with Gasteiger partial charge in [0, 0.05) is 41.9 Å². The Morgan fingerprint density at radius 2 is 2.14 bits per heavy atom. The molecule has 0 radical (unpaired) electrons. The molecule has 3 nitrogen and oxygen atoms in total. The van der Waals surface area contributed by atoms with E-state index in [1.807, 2.05) is 43.7 Å². The van der Waals surface area contributed by atoms with Crippen LogP contribution in [-0.4, -0.2) is 12.0 Å². The summed E-state index contributed by atoms with van der Waals surface area (Å²) in [5.74, 6) is 0. The summed E-state index contributed by atoms with van der Waals surface area (Å²) in [7, 11) is 1.90. The number of nitrogens with two attached hydrogens (primary N) is 1. The quantitative estimate of drug-likeness (QED) is 0.632. The monoisotopic (exact) mass is 187 g/mol. The molecule has 1 heterocycles. The second-order valence-electron chi connectivity index (χ2n) is 3.15. The first-order valence-corrected chi connectivity index (χ1v) is 4.51. The highest BCUT2D eigenvalue weighted by molar-refractivity contribution is 5.80.